The van der Waals surface area contributed by atoms with Crippen LogP contribution in [0.2, 0.25) is 0 Å². The number of aromatic nitrogens is 1. The number of rotatable bonds is 18. The Hall–Kier alpha value is -0.990. The molecular weight excluding hydrogens is 322 g/mol. The van der Waals surface area contributed by atoms with Crippen molar-refractivity contribution in [1.82, 2.24) is 4.98 Å². The summed E-state index contributed by atoms with van der Waals surface area (Å²) < 4.78 is 4.86. The summed E-state index contributed by atoms with van der Waals surface area (Å²) in [7, 11) is 0. The molecule has 0 radical (unpaired) electrons. The minimum atomic E-state index is -0.324. The van der Waals surface area contributed by atoms with Gasteiger partial charge in [0.25, 0.3) is 0 Å². The lowest BCUT2D eigenvalue weighted by Crippen LogP contribution is -2.02. The molecule has 26 heavy (non-hydrogen) atoms. The molecule has 0 spiro atoms. The summed E-state index contributed by atoms with van der Waals surface area (Å²) in [5.74, 6) is 0.123. The third kappa shape index (κ3) is 11.6. The maximum absolute atomic E-state index is 11.1. The summed E-state index contributed by atoms with van der Waals surface area (Å²) in [5.41, 5.74) is 0.975. The molecule has 0 aliphatic rings. The lowest BCUT2D eigenvalue weighted by molar-refractivity contribution is 0.500. The van der Waals surface area contributed by atoms with Crippen molar-refractivity contribution in [2.24, 2.45) is 0 Å². The highest BCUT2D eigenvalue weighted by atomic mass is 16.4. The molecule has 0 saturated heterocycles. The number of H-pyrrole nitrogens is 1. The average Bonchev–Trinajstić information content (AvgIpc) is 3.07. The van der Waals surface area contributed by atoms with Gasteiger partial charge in [-0.05, 0) is 12.8 Å². The first kappa shape index (κ1) is 23.0. The van der Waals surface area contributed by atoms with Crippen molar-refractivity contribution in [3.05, 3.63) is 22.5 Å². The van der Waals surface area contributed by atoms with Crippen LogP contribution in [-0.4, -0.2) is 4.98 Å². The second kappa shape index (κ2) is 16.2. The molecule has 0 aliphatic carbocycles. The number of aromatic amines is 1. The van der Waals surface area contributed by atoms with E-state index in [9.17, 15) is 4.79 Å². The molecule has 1 rings (SSSR count). The minimum absolute atomic E-state index is 0.324. The standard InChI is InChI=1S/C23H43NO2/c1-3-5-6-7-8-9-10-11-12-13-14-15-16-17-18-19-21(4-2)22-20-26-23(25)24-22/h20-21H,3-19H2,1-2H3,(H,24,25). The average molecular weight is 366 g/mol. The summed E-state index contributed by atoms with van der Waals surface area (Å²) in [4.78, 5) is 13.9. The molecule has 1 aromatic rings. The Balaban J connectivity index is 1.84. The van der Waals surface area contributed by atoms with Gasteiger partial charge in [0.05, 0.1) is 5.69 Å². The van der Waals surface area contributed by atoms with E-state index < -0.39 is 0 Å². The predicted octanol–water partition coefficient (Wildman–Crippen LogP) is 7.72. The van der Waals surface area contributed by atoms with E-state index >= 15 is 0 Å². The Morgan fingerprint density at radius 2 is 1.23 bits per heavy atom. The number of hydrogen-bond donors (Lipinski definition) is 1. The minimum Gasteiger partial charge on any atom is -0.416 e. The zero-order valence-corrected chi connectivity index (χ0v) is 17.5. The van der Waals surface area contributed by atoms with E-state index in [1.54, 1.807) is 6.26 Å². The predicted molar refractivity (Wildman–Crippen MR) is 112 cm³/mol. The number of hydrogen-bond acceptors (Lipinski definition) is 2. The molecule has 3 nitrogen and oxygen atoms in total. The maximum Gasteiger partial charge on any atom is 0.416 e. The van der Waals surface area contributed by atoms with Gasteiger partial charge in [-0.1, -0.05) is 110 Å². The Kier molecular flexibility index (Phi) is 14.4. The van der Waals surface area contributed by atoms with Crippen molar-refractivity contribution >= 4 is 0 Å². The Morgan fingerprint density at radius 1 is 0.769 bits per heavy atom. The molecule has 0 fully saturated rings. The SMILES string of the molecule is CCCCCCCCCCCCCCCCCC(CC)c1coc(=O)[nH]1. The smallest absolute Gasteiger partial charge is 0.416 e. The first-order chi connectivity index (χ1) is 12.8. The van der Waals surface area contributed by atoms with Crippen LogP contribution >= 0.6 is 0 Å². The van der Waals surface area contributed by atoms with Crippen molar-refractivity contribution in [1.29, 1.82) is 0 Å². The van der Waals surface area contributed by atoms with Gasteiger partial charge >= 0.3 is 5.76 Å². The van der Waals surface area contributed by atoms with Gasteiger partial charge in [-0.25, -0.2) is 4.79 Å². The molecule has 0 aliphatic heterocycles. The number of nitrogens with one attached hydrogen (secondary N) is 1. The quantitative estimate of drug-likeness (QED) is 0.271. The molecule has 1 unspecified atom stereocenters. The van der Waals surface area contributed by atoms with Crippen molar-refractivity contribution in [3.8, 4) is 0 Å². The van der Waals surface area contributed by atoms with Gasteiger partial charge in [0.1, 0.15) is 6.26 Å². The van der Waals surface area contributed by atoms with Crippen molar-refractivity contribution in [3.63, 3.8) is 0 Å². The van der Waals surface area contributed by atoms with Crippen molar-refractivity contribution < 1.29 is 4.42 Å². The third-order valence-corrected chi connectivity index (χ3v) is 5.63. The van der Waals surface area contributed by atoms with Crippen LogP contribution in [0.25, 0.3) is 0 Å². The Bertz CT molecular complexity index is 463. The zero-order chi connectivity index (χ0) is 18.9. The van der Waals surface area contributed by atoms with Gasteiger partial charge in [-0.2, -0.15) is 0 Å². The molecule has 1 atom stereocenters. The molecule has 3 heteroatoms. The molecule has 1 N–H and O–H groups in total. The van der Waals surface area contributed by atoms with Crippen LogP contribution in [0.15, 0.2) is 15.5 Å². The molecule has 0 amide bonds. The van der Waals surface area contributed by atoms with E-state index in [1.165, 1.54) is 96.3 Å². The fourth-order valence-electron chi connectivity index (χ4n) is 3.83. The highest BCUT2D eigenvalue weighted by molar-refractivity contribution is 5.00. The second-order valence-corrected chi connectivity index (χ2v) is 7.95. The molecule has 0 bridgehead atoms. The van der Waals surface area contributed by atoms with Gasteiger partial charge in [-0.3, -0.25) is 4.98 Å². The lowest BCUT2D eigenvalue weighted by Gasteiger charge is -2.11. The summed E-state index contributed by atoms with van der Waals surface area (Å²) in [6.07, 6.45) is 24.8. The van der Waals surface area contributed by atoms with Crippen LogP contribution in [0.1, 0.15) is 135 Å². The lowest BCUT2D eigenvalue weighted by atomic mass is 9.95. The fourth-order valence-corrected chi connectivity index (χ4v) is 3.83. The second-order valence-electron chi connectivity index (χ2n) is 7.95. The molecule has 0 saturated carbocycles. The third-order valence-electron chi connectivity index (χ3n) is 5.63. The highest BCUT2D eigenvalue weighted by Crippen LogP contribution is 2.24. The van der Waals surface area contributed by atoms with E-state index in [0.717, 1.165) is 18.5 Å². The van der Waals surface area contributed by atoms with Crippen LogP contribution in [0.5, 0.6) is 0 Å². The van der Waals surface area contributed by atoms with E-state index in [0.29, 0.717) is 5.92 Å². The monoisotopic (exact) mass is 365 g/mol. The van der Waals surface area contributed by atoms with Gasteiger partial charge in [-0.15, -0.1) is 0 Å². The molecule has 0 aromatic carbocycles. The van der Waals surface area contributed by atoms with Gasteiger partial charge < -0.3 is 4.42 Å². The van der Waals surface area contributed by atoms with Crippen LogP contribution < -0.4 is 5.76 Å². The zero-order valence-electron chi connectivity index (χ0n) is 17.5. The Labute approximate surface area is 161 Å². The summed E-state index contributed by atoms with van der Waals surface area (Å²) in [6, 6.07) is 0. The summed E-state index contributed by atoms with van der Waals surface area (Å²) >= 11 is 0. The summed E-state index contributed by atoms with van der Waals surface area (Å²) in [5, 5.41) is 0. The molecular formula is C23H43NO2. The molecule has 1 heterocycles. The molecule has 1 aromatic heterocycles. The van der Waals surface area contributed by atoms with Crippen LogP contribution in [0, 0.1) is 0 Å². The van der Waals surface area contributed by atoms with E-state index in [1.807, 2.05) is 0 Å². The first-order valence-electron chi connectivity index (χ1n) is 11.5. The van der Waals surface area contributed by atoms with E-state index in [-0.39, 0.29) is 5.76 Å². The maximum atomic E-state index is 11.1. The normalized spacial score (nSPS) is 12.5. The van der Waals surface area contributed by atoms with Crippen LogP contribution in [0.4, 0.5) is 0 Å². The van der Waals surface area contributed by atoms with Crippen LogP contribution in [0.3, 0.4) is 0 Å². The van der Waals surface area contributed by atoms with E-state index in [4.69, 9.17) is 4.42 Å². The topological polar surface area (TPSA) is 46.0 Å². The van der Waals surface area contributed by atoms with Gasteiger partial charge in [0.15, 0.2) is 0 Å². The first-order valence-corrected chi connectivity index (χ1v) is 11.5. The highest BCUT2D eigenvalue weighted by Gasteiger charge is 2.11. The van der Waals surface area contributed by atoms with Crippen molar-refractivity contribution in [2.45, 2.75) is 129 Å². The van der Waals surface area contributed by atoms with Crippen molar-refractivity contribution in [2.75, 3.05) is 0 Å². The molecule has 152 valence electrons. The van der Waals surface area contributed by atoms with E-state index in [2.05, 4.69) is 18.8 Å². The van der Waals surface area contributed by atoms with Crippen LogP contribution in [-0.2, 0) is 0 Å². The number of oxazole rings is 1. The van der Waals surface area contributed by atoms with Gasteiger partial charge in [0, 0.05) is 5.92 Å². The fraction of sp³-hybridized carbons (Fsp3) is 0.870. The summed E-state index contributed by atoms with van der Waals surface area (Å²) in [6.45, 7) is 4.47. The number of unbranched alkanes of at least 4 members (excludes halogenated alkanes) is 14. The Morgan fingerprint density at radius 3 is 1.62 bits per heavy atom. The van der Waals surface area contributed by atoms with Gasteiger partial charge in [0.2, 0.25) is 0 Å². The largest absolute Gasteiger partial charge is 0.416 e.